The number of benzene rings is 1. The van der Waals surface area contributed by atoms with Gasteiger partial charge in [0.15, 0.2) is 11.5 Å². The summed E-state index contributed by atoms with van der Waals surface area (Å²) < 4.78 is 15.7. The number of hydrogen-bond donors (Lipinski definition) is 1. The quantitative estimate of drug-likeness (QED) is 0.887. The van der Waals surface area contributed by atoms with Gasteiger partial charge in [-0.25, -0.2) is 0 Å². The van der Waals surface area contributed by atoms with E-state index in [1.165, 1.54) is 21.3 Å². The topological polar surface area (TPSA) is 85.3 Å². The molecule has 126 valence electrons. The molecule has 1 aromatic rings. The van der Waals surface area contributed by atoms with Gasteiger partial charge in [0.1, 0.15) is 5.75 Å². The summed E-state index contributed by atoms with van der Waals surface area (Å²) in [5.41, 5.74) is 0.322. The maximum atomic E-state index is 12.8. The van der Waals surface area contributed by atoms with E-state index < -0.39 is 11.9 Å². The molecule has 1 fully saturated rings. The largest absolute Gasteiger partial charge is 0.496 e. The molecule has 1 aliphatic rings. The lowest BCUT2D eigenvalue weighted by molar-refractivity contribution is -0.142. The summed E-state index contributed by atoms with van der Waals surface area (Å²) in [5.74, 6) is -0.480. The second-order valence-corrected chi connectivity index (χ2v) is 5.38. The van der Waals surface area contributed by atoms with Crippen LogP contribution >= 0.6 is 0 Å². The summed E-state index contributed by atoms with van der Waals surface area (Å²) in [5, 5.41) is 9.21. The van der Waals surface area contributed by atoms with Crippen molar-refractivity contribution in [3.05, 3.63) is 17.7 Å². The molecular formula is C16H21NO6. The van der Waals surface area contributed by atoms with Gasteiger partial charge in [-0.05, 0) is 13.3 Å². The van der Waals surface area contributed by atoms with Gasteiger partial charge < -0.3 is 24.2 Å². The van der Waals surface area contributed by atoms with Crippen LogP contribution in [-0.4, -0.2) is 55.8 Å². The van der Waals surface area contributed by atoms with Crippen LogP contribution < -0.4 is 14.2 Å². The van der Waals surface area contributed by atoms with Crippen LogP contribution in [-0.2, 0) is 4.79 Å². The second-order valence-electron chi connectivity index (χ2n) is 5.38. The number of rotatable bonds is 5. The molecule has 1 amide bonds. The molecule has 7 nitrogen and oxygen atoms in total. The molecule has 1 N–H and O–H groups in total. The number of ether oxygens (including phenoxy) is 3. The SMILES string of the molecule is COc1cc(OC)c(C(=O)N2CCC(C(=O)O)C2C)cc1OC. The number of carbonyl (C=O) groups is 2. The molecule has 1 aromatic carbocycles. The number of carboxylic acids is 1. The van der Waals surface area contributed by atoms with E-state index in [-0.39, 0.29) is 11.9 Å². The molecular weight excluding hydrogens is 302 g/mol. The van der Waals surface area contributed by atoms with Crippen molar-refractivity contribution in [2.75, 3.05) is 27.9 Å². The van der Waals surface area contributed by atoms with Gasteiger partial charge in [0.25, 0.3) is 5.91 Å². The van der Waals surface area contributed by atoms with Gasteiger partial charge in [-0.2, -0.15) is 0 Å². The number of hydrogen-bond acceptors (Lipinski definition) is 5. The number of nitrogens with zero attached hydrogens (tertiary/aromatic N) is 1. The Morgan fingerprint density at radius 1 is 1.09 bits per heavy atom. The molecule has 0 bridgehead atoms. The molecule has 2 rings (SSSR count). The summed E-state index contributed by atoms with van der Waals surface area (Å²) in [7, 11) is 4.45. The van der Waals surface area contributed by atoms with Gasteiger partial charge in [0, 0.05) is 24.7 Å². The standard InChI is InChI=1S/C16H21NO6/c1-9-10(16(19)20)5-6-17(9)15(18)11-7-13(22-3)14(23-4)8-12(11)21-2/h7-10H,5-6H2,1-4H3,(H,19,20). The molecule has 0 saturated carbocycles. The van der Waals surface area contributed by atoms with E-state index in [4.69, 9.17) is 14.2 Å². The van der Waals surface area contributed by atoms with Crippen LogP contribution in [0.15, 0.2) is 12.1 Å². The first-order chi connectivity index (χ1) is 10.9. The Hall–Kier alpha value is -2.44. The highest BCUT2D eigenvalue weighted by Gasteiger charge is 2.39. The van der Waals surface area contributed by atoms with Crippen LogP contribution in [0.3, 0.4) is 0 Å². The normalized spacial score (nSPS) is 20.3. The molecule has 1 heterocycles. The Labute approximate surface area is 134 Å². The van der Waals surface area contributed by atoms with E-state index in [1.807, 2.05) is 0 Å². The van der Waals surface area contributed by atoms with Crippen molar-refractivity contribution in [1.29, 1.82) is 0 Å². The minimum absolute atomic E-state index is 0.279. The second kappa shape index (κ2) is 6.76. The Morgan fingerprint density at radius 3 is 2.13 bits per heavy atom. The highest BCUT2D eigenvalue weighted by molar-refractivity contribution is 5.98. The number of amides is 1. The fourth-order valence-electron chi connectivity index (χ4n) is 2.91. The summed E-state index contributed by atoms with van der Waals surface area (Å²) in [6.45, 7) is 2.14. The lowest BCUT2D eigenvalue weighted by Gasteiger charge is -2.24. The van der Waals surface area contributed by atoms with Crippen LogP contribution in [0.1, 0.15) is 23.7 Å². The highest BCUT2D eigenvalue weighted by atomic mass is 16.5. The molecule has 0 aliphatic carbocycles. The zero-order chi connectivity index (χ0) is 17.1. The minimum atomic E-state index is -0.882. The van der Waals surface area contributed by atoms with Crippen molar-refractivity contribution in [2.45, 2.75) is 19.4 Å². The fraction of sp³-hybridized carbons (Fsp3) is 0.500. The van der Waals surface area contributed by atoms with Gasteiger partial charge in [-0.1, -0.05) is 0 Å². The van der Waals surface area contributed by atoms with Gasteiger partial charge in [-0.3, -0.25) is 9.59 Å². The van der Waals surface area contributed by atoms with E-state index in [0.717, 1.165) is 0 Å². The lowest BCUT2D eigenvalue weighted by Crippen LogP contribution is -2.37. The predicted octanol–water partition coefficient (Wildman–Crippen LogP) is 1.65. The van der Waals surface area contributed by atoms with Gasteiger partial charge in [-0.15, -0.1) is 0 Å². The summed E-state index contributed by atoms with van der Waals surface area (Å²) in [6.07, 6.45) is 0.442. The van der Waals surface area contributed by atoms with Crippen molar-refractivity contribution in [2.24, 2.45) is 5.92 Å². The van der Waals surface area contributed by atoms with Gasteiger partial charge >= 0.3 is 5.97 Å². The molecule has 0 aromatic heterocycles. The molecule has 2 unspecified atom stereocenters. The van der Waals surface area contributed by atoms with Crippen LogP contribution in [0.25, 0.3) is 0 Å². The van der Waals surface area contributed by atoms with Crippen molar-refractivity contribution in [1.82, 2.24) is 4.90 Å². The van der Waals surface area contributed by atoms with Gasteiger partial charge in [0.05, 0.1) is 32.8 Å². The van der Waals surface area contributed by atoms with E-state index in [1.54, 1.807) is 24.0 Å². The third-order valence-electron chi connectivity index (χ3n) is 4.27. The molecule has 1 saturated heterocycles. The third kappa shape index (κ3) is 3.04. The van der Waals surface area contributed by atoms with Crippen LogP contribution in [0.2, 0.25) is 0 Å². The number of likely N-dealkylation sites (tertiary alicyclic amines) is 1. The summed E-state index contributed by atoms with van der Waals surface area (Å²) in [4.78, 5) is 25.6. The maximum absolute atomic E-state index is 12.8. The maximum Gasteiger partial charge on any atom is 0.308 e. The molecule has 23 heavy (non-hydrogen) atoms. The molecule has 7 heteroatoms. The fourth-order valence-corrected chi connectivity index (χ4v) is 2.91. The number of aliphatic carboxylic acids is 1. The Bertz CT molecular complexity index is 615. The van der Waals surface area contributed by atoms with Crippen molar-refractivity contribution in [3.63, 3.8) is 0 Å². The van der Waals surface area contributed by atoms with Crippen LogP contribution in [0.4, 0.5) is 0 Å². The molecule has 0 radical (unpaired) electrons. The monoisotopic (exact) mass is 323 g/mol. The van der Waals surface area contributed by atoms with Gasteiger partial charge in [0.2, 0.25) is 0 Å². The summed E-state index contributed by atoms with van der Waals surface area (Å²) in [6, 6.07) is 2.76. The van der Waals surface area contributed by atoms with Crippen molar-refractivity contribution in [3.8, 4) is 17.2 Å². The molecule has 0 spiro atoms. The van der Waals surface area contributed by atoms with E-state index >= 15 is 0 Å². The number of carbonyl (C=O) groups excluding carboxylic acids is 1. The number of carboxylic acid groups (broad SMARTS) is 1. The third-order valence-corrected chi connectivity index (χ3v) is 4.27. The van der Waals surface area contributed by atoms with Crippen LogP contribution in [0, 0.1) is 5.92 Å². The summed E-state index contributed by atoms with van der Waals surface area (Å²) >= 11 is 0. The van der Waals surface area contributed by atoms with E-state index in [9.17, 15) is 14.7 Å². The predicted molar refractivity (Wildman–Crippen MR) is 82.3 cm³/mol. The first-order valence-electron chi connectivity index (χ1n) is 7.28. The molecule has 1 aliphatic heterocycles. The van der Waals surface area contributed by atoms with E-state index in [2.05, 4.69) is 0 Å². The zero-order valence-corrected chi connectivity index (χ0v) is 13.7. The Balaban J connectivity index is 2.37. The lowest BCUT2D eigenvalue weighted by atomic mass is 10.0. The average Bonchev–Trinajstić information content (AvgIpc) is 2.94. The highest BCUT2D eigenvalue weighted by Crippen LogP contribution is 2.36. The first-order valence-corrected chi connectivity index (χ1v) is 7.28. The first kappa shape index (κ1) is 16.9. The Morgan fingerprint density at radius 2 is 1.65 bits per heavy atom. The van der Waals surface area contributed by atoms with Crippen molar-refractivity contribution < 1.29 is 28.9 Å². The van der Waals surface area contributed by atoms with Crippen LogP contribution in [0.5, 0.6) is 17.2 Å². The minimum Gasteiger partial charge on any atom is -0.496 e. The van der Waals surface area contributed by atoms with Crippen molar-refractivity contribution >= 4 is 11.9 Å². The molecule has 2 atom stereocenters. The average molecular weight is 323 g/mol. The number of methoxy groups -OCH3 is 3. The Kier molecular flexibility index (Phi) is 4.98. The van der Waals surface area contributed by atoms with E-state index in [0.29, 0.717) is 35.8 Å². The smallest absolute Gasteiger partial charge is 0.308 e. The zero-order valence-electron chi connectivity index (χ0n) is 13.7.